The molecule has 0 amide bonds. The van der Waals surface area contributed by atoms with E-state index in [1.165, 1.54) is 0 Å². The van der Waals surface area contributed by atoms with Crippen molar-refractivity contribution in [3.63, 3.8) is 0 Å². The van der Waals surface area contributed by atoms with E-state index in [1.807, 2.05) is 0 Å². The van der Waals surface area contributed by atoms with Crippen molar-refractivity contribution in [1.82, 2.24) is 0 Å². The van der Waals surface area contributed by atoms with Crippen molar-refractivity contribution in [2.45, 2.75) is 37.5 Å². The summed E-state index contributed by atoms with van der Waals surface area (Å²) < 4.78 is 0. The van der Waals surface area contributed by atoms with E-state index >= 15 is 0 Å². The van der Waals surface area contributed by atoms with Gasteiger partial charge in [-0.1, -0.05) is 0 Å². The van der Waals surface area contributed by atoms with Gasteiger partial charge >= 0.3 is 0 Å². The van der Waals surface area contributed by atoms with Gasteiger partial charge in [0.1, 0.15) is 0 Å². The van der Waals surface area contributed by atoms with Gasteiger partial charge in [0.25, 0.3) is 0 Å². The third-order valence-electron chi connectivity index (χ3n) is 1.69. The molecule has 0 aromatic carbocycles. The first-order valence-electron chi connectivity index (χ1n) is 3.30. The zero-order chi connectivity index (χ0) is 6.85. The highest BCUT2D eigenvalue weighted by molar-refractivity contribution is 4.79. The Bertz CT molecular complexity index is 72.0. The molecule has 1 saturated carbocycles. The molecule has 1 fully saturated rings. The highest BCUT2D eigenvalue weighted by Crippen LogP contribution is 2.16. The van der Waals surface area contributed by atoms with Crippen LogP contribution in [0.5, 0.6) is 0 Å². The van der Waals surface area contributed by atoms with Crippen LogP contribution in [-0.2, 0) is 0 Å². The highest BCUT2D eigenvalue weighted by Gasteiger charge is 2.23. The van der Waals surface area contributed by atoms with Crippen LogP contribution in [0.3, 0.4) is 0 Å². The van der Waals surface area contributed by atoms with Crippen LogP contribution < -0.4 is 5.73 Å². The first kappa shape index (κ1) is 6.99. The number of hydrogen-bond acceptors (Lipinski definition) is 3. The average molecular weight is 131 g/mol. The molecule has 54 valence electrons. The zero-order valence-electron chi connectivity index (χ0n) is 5.33. The maximum absolute atomic E-state index is 9.01. The average Bonchev–Trinajstić information content (AvgIpc) is 1.59. The van der Waals surface area contributed by atoms with Crippen molar-refractivity contribution in [3.05, 3.63) is 0 Å². The molecule has 3 heteroatoms. The molecule has 0 aromatic rings. The number of hydrogen-bond donors (Lipinski definition) is 3. The van der Waals surface area contributed by atoms with Crippen LogP contribution >= 0.6 is 0 Å². The molecule has 1 aliphatic rings. The van der Waals surface area contributed by atoms with Gasteiger partial charge in [0.2, 0.25) is 0 Å². The molecule has 0 heterocycles. The predicted octanol–water partition coefficient (Wildman–Crippen LogP) is -0.781. The smallest absolute Gasteiger partial charge is 0.0579 e. The fourth-order valence-corrected chi connectivity index (χ4v) is 1.30. The van der Waals surface area contributed by atoms with E-state index < -0.39 is 0 Å². The molecule has 1 rings (SSSR count). The van der Waals surface area contributed by atoms with Crippen LogP contribution in [0.4, 0.5) is 0 Å². The largest absolute Gasteiger partial charge is 0.393 e. The summed E-state index contributed by atoms with van der Waals surface area (Å²) in [5, 5.41) is 18.0. The van der Waals surface area contributed by atoms with Gasteiger partial charge in [-0.25, -0.2) is 0 Å². The molecule has 0 radical (unpaired) electrons. The Kier molecular flexibility index (Phi) is 2.05. The van der Waals surface area contributed by atoms with Crippen LogP contribution in [0, 0.1) is 0 Å². The SMILES string of the molecule is N[C@@H]1C[C@@H](O)C[C@@H](O)C1. The molecule has 0 bridgehead atoms. The standard InChI is InChI=1S/C6H13NO2/c7-4-1-5(8)3-6(9)2-4/h4-6,8-9H,1-3,7H2/t4-,5-,6+. The summed E-state index contributed by atoms with van der Waals surface area (Å²) in [6.07, 6.45) is 0.995. The molecule has 0 aliphatic heterocycles. The predicted molar refractivity (Wildman–Crippen MR) is 33.8 cm³/mol. The van der Waals surface area contributed by atoms with Crippen LogP contribution in [-0.4, -0.2) is 28.5 Å². The summed E-state index contributed by atoms with van der Waals surface area (Å²) in [4.78, 5) is 0. The van der Waals surface area contributed by atoms with Crippen molar-refractivity contribution in [3.8, 4) is 0 Å². The molecule has 0 unspecified atom stereocenters. The molecular weight excluding hydrogens is 118 g/mol. The fraction of sp³-hybridized carbons (Fsp3) is 1.00. The van der Waals surface area contributed by atoms with Crippen molar-refractivity contribution >= 4 is 0 Å². The van der Waals surface area contributed by atoms with Gasteiger partial charge in [-0.15, -0.1) is 0 Å². The molecule has 1 aliphatic carbocycles. The van der Waals surface area contributed by atoms with Crippen LogP contribution in [0.2, 0.25) is 0 Å². The number of nitrogens with two attached hydrogens (primary N) is 1. The molecule has 0 spiro atoms. The summed E-state index contributed by atoms with van der Waals surface area (Å²) in [5.74, 6) is 0. The van der Waals surface area contributed by atoms with Crippen LogP contribution in [0.25, 0.3) is 0 Å². The second kappa shape index (κ2) is 2.64. The third kappa shape index (κ3) is 1.93. The van der Waals surface area contributed by atoms with E-state index in [-0.39, 0.29) is 18.2 Å². The van der Waals surface area contributed by atoms with Gasteiger partial charge in [-0.3, -0.25) is 0 Å². The van der Waals surface area contributed by atoms with Gasteiger partial charge in [0.05, 0.1) is 12.2 Å². The normalized spacial score (nSPS) is 45.0. The quantitative estimate of drug-likeness (QED) is 0.404. The molecular formula is C6H13NO2. The second-order valence-electron chi connectivity index (χ2n) is 2.77. The van der Waals surface area contributed by atoms with Gasteiger partial charge in [-0.2, -0.15) is 0 Å². The highest BCUT2D eigenvalue weighted by atomic mass is 16.3. The Balaban J connectivity index is 2.34. The number of aliphatic hydroxyl groups excluding tert-OH is 2. The lowest BCUT2D eigenvalue weighted by Crippen LogP contribution is -2.37. The third-order valence-corrected chi connectivity index (χ3v) is 1.69. The summed E-state index contributed by atoms with van der Waals surface area (Å²) in [6, 6.07) is -0.0104. The van der Waals surface area contributed by atoms with Gasteiger partial charge in [0, 0.05) is 6.04 Å². The molecule has 9 heavy (non-hydrogen) atoms. The molecule has 3 nitrogen and oxygen atoms in total. The van der Waals surface area contributed by atoms with E-state index in [9.17, 15) is 0 Å². The lowest BCUT2D eigenvalue weighted by molar-refractivity contribution is 0.0320. The van der Waals surface area contributed by atoms with E-state index in [2.05, 4.69) is 0 Å². The summed E-state index contributed by atoms with van der Waals surface area (Å²) >= 11 is 0. The molecule has 3 atom stereocenters. The maximum atomic E-state index is 9.01. The zero-order valence-corrected chi connectivity index (χ0v) is 5.33. The van der Waals surface area contributed by atoms with E-state index in [0.29, 0.717) is 19.3 Å². The Labute approximate surface area is 54.5 Å². The minimum atomic E-state index is -0.385. The Hall–Kier alpha value is -0.120. The summed E-state index contributed by atoms with van der Waals surface area (Å²) in [7, 11) is 0. The Morgan fingerprint density at radius 3 is 1.78 bits per heavy atom. The minimum absolute atomic E-state index is 0.0104. The molecule has 4 N–H and O–H groups in total. The maximum Gasteiger partial charge on any atom is 0.0579 e. The summed E-state index contributed by atoms with van der Waals surface area (Å²) in [5.41, 5.74) is 5.50. The Morgan fingerprint density at radius 1 is 1.00 bits per heavy atom. The number of rotatable bonds is 0. The van der Waals surface area contributed by atoms with Crippen LogP contribution in [0.1, 0.15) is 19.3 Å². The topological polar surface area (TPSA) is 66.5 Å². The first-order valence-corrected chi connectivity index (χ1v) is 3.30. The number of aliphatic hydroxyl groups is 2. The Morgan fingerprint density at radius 2 is 1.44 bits per heavy atom. The summed E-state index contributed by atoms with van der Waals surface area (Å²) in [6.45, 7) is 0. The first-order chi connectivity index (χ1) is 4.18. The van der Waals surface area contributed by atoms with Crippen LogP contribution in [0.15, 0.2) is 0 Å². The second-order valence-corrected chi connectivity index (χ2v) is 2.77. The van der Waals surface area contributed by atoms with Crippen molar-refractivity contribution in [2.24, 2.45) is 5.73 Å². The molecule has 0 saturated heterocycles. The van der Waals surface area contributed by atoms with E-state index in [4.69, 9.17) is 15.9 Å². The van der Waals surface area contributed by atoms with Gasteiger partial charge in [0.15, 0.2) is 0 Å². The lowest BCUT2D eigenvalue weighted by Gasteiger charge is -2.26. The molecule has 0 aromatic heterocycles. The van der Waals surface area contributed by atoms with Crippen molar-refractivity contribution in [1.29, 1.82) is 0 Å². The van der Waals surface area contributed by atoms with Crippen molar-refractivity contribution < 1.29 is 10.2 Å². The van der Waals surface area contributed by atoms with Crippen molar-refractivity contribution in [2.75, 3.05) is 0 Å². The minimum Gasteiger partial charge on any atom is -0.393 e. The van der Waals surface area contributed by atoms with Gasteiger partial charge in [-0.05, 0) is 19.3 Å². The fourth-order valence-electron chi connectivity index (χ4n) is 1.30. The van der Waals surface area contributed by atoms with E-state index in [1.54, 1.807) is 0 Å². The van der Waals surface area contributed by atoms with E-state index in [0.717, 1.165) is 0 Å². The lowest BCUT2D eigenvalue weighted by atomic mass is 9.91. The monoisotopic (exact) mass is 131 g/mol. The van der Waals surface area contributed by atoms with Gasteiger partial charge < -0.3 is 15.9 Å².